The Bertz CT molecular complexity index is 992. The molecule has 56 heavy (non-hydrogen) atoms. The van der Waals surface area contributed by atoms with E-state index in [-0.39, 0.29) is 50.2 Å². The van der Waals surface area contributed by atoms with E-state index in [0.29, 0.717) is 46.2 Å². The van der Waals surface area contributed by atoms with E-state index in [4.69, 9.17) is 51.8 Å². The van der Waals surface area contributed by atoms with Gasteiger partial charge < -0.3 is 23.1 Å². The highest BCUT2D eigenvalue weighted by atomic mass is 33.1. The van der Waals surface area contributed by atoms with E-state index in [1.807, 2.05) is 6.92 Å². The first-order chi connectivity index (χ1) is 25.2. The van der Waals surface area contributed by atoms with Crippen LogP contribution < -0.4 is 0 Å². The molecule has 0 aromatic rings. The molecular formula is C39H88O11S2Si4. The van der Waals surface area contributed by atoms with Crippen LogP contribution in [0.2, 0.25) is 72.5 Å². The minimum absolute atomic E-state index is 0.0232. The summed E-state index contributed by atoms with van der Waals surface area (Å²) in [4.78, 5) is 23.3. The average Bonchev–Trinajstić information content (AvgIpc) is 3.01. The van der Waals surface area contributed by atoms with Crippen LogP contribution in [0.4, 0.5) is 0 Å². The highest BCUT2D eigenvalue weighted by Gasteiger charge is 2.41. The first kappa shape index (κ1) is 57.1. The molecule has 338 valence electrons. The van der Waals surface area contributed by atoms with Gasteiger partial charge in [-0.15, -0.1) is 0 Å². The second-order valence-corrected chi connectivity index (χ2v) is 43.0. The molecule has 0 aliphatic carbocycles. The van der Waals surface area contributed by atoms with Crippen molar-refractivity contribution in [1.29, 1.82) is 0 Å². The fraction of sp³-hybridized carbons (Fsp3) is 1.00. The van der Waals surface area contributed by atoms with Crippen LogP contribution in [0.25, 0.3) is 0 Å². The van der Waals surface area contributed by atoms with Crippen molar-refractivity contribution in [3.05, 3.63) is 0 Å². The Labute approximate surface area is 356 Å². The predicted octanol–water partition coefficient (Wildman–Crippen LogP) is 11.8. The second kappa shape index (κ2) is 24.7. The van der Waals surface area contributed by atoms with Gasteiger partial charge in [0.2, 0.25) is 16.6 Å². The first-order valence-electron chi connectivity index (χ1n) is 20.5. The summed E-state index contributed by atoms with van der Waals surface area (Å²) in [5.74, 6) is 0. The van der Waals surface area contributed by atoms with Crippen molar-refractivity contribution in [3.8, 4) is 0 Å². The molecule has 0 spiro atoms. The van der Waals surface area contributed by atoms with Crippen molar-refractivity contribution in [2.75, 3.05) is 59.5 Å². The van der Waals surface area contributed by atoms with Crippen molar-refractivity contribution in [2.45, 2.75) is 192 Å². The lowest BCUT2D eigenvalue weighted by atomic mass is 10.2. The lowest BCUT2D eigenvalue weighted by Crippen LogP contribution is -2.43. The van der Waals surface area contributed by atoms with E-state index < -0.39 is 39.4 Å². The molecule has 0 heterocycles. The maximum atomic E-state index is 6.31. The van der Waals surface area contributed by atoms with Crippen molar-refractivity contribution < 1.29 is 51.8 Å². The number of hydrogen-bond acceptors (Lipinski definition) is 13. The highest BCUT2D eigenvalue weighted by molar-refractivity contribution is 8.77. The van der Waals surface area contributed by atoms with Gasteiger partial charge in [0, 0.05) is 5.25 Å². The van der Waals surface area contributed by atoms with Crippen LogP contribution >= 0.6 is 21.6 Å². The Morgan fingerprint density at radius 3 is 1.16 bits per heavy atom. The second-order valence-electron chi connectivity index (χ2n) is 21.0. The van der Waals surface area contributed by atoms with Crippen molar-refractivity contribution in [2.24, 2.45) is 0 Å². The fourth-order valence-electron chi connectivity index (χ4n) is 3.23. The van der Waals surface area contributed by atoms with Crippen molar-refractivity contribution >= 4 is 54.9 Å². The quantitative estimate of drug-likeness (QED) is 0.0178. The van der Waals surface area contributed by atoms with Crippen LogP contribution in [0, 0.1) is 0 Å². The molecule has 0 bridgehead atoms. The van der Waals surface area contributed by atoms with E-state index in [9.17, 15) is 0 Å². The zero-order valence-electron chi connectivity index (χ0n) is 40.0. The van der Waals surface area contributed by atoms with Gasteiger partial charge in [-0.2, -0.15) is 0 Å². The average molecular weight is 910 g/mol. The molecule has 0 aromatic heterocycles. The third-order valence-corrected chi connectivity index (χ3v) is 31.9. The summed E-state index contributed by atoms with van der Waals surface area (Å²) in [7, 11) is -4.64. The molecule has 17 heteroatoms. The molecule has 11 nitrogen and oxygen atoms in total. The summed E-state index contributed by atoms with van der Waals surface area (Å²) in [6.07, 6.45) is -0.776. The lowest BCUT2D eigenvalue weighted by Gasteiger charge is -2.36. The summed E-state index contributed by atoms with van der Waals surface area (Å²) in [5.41, 5.74) is -0.257. The maximum absolute atomic E-state index is 6.31. The topological polar surface area (TPSA) is 102 Å². The van der Waals surface area contributed by atoms with Gasteiger partial charge in [-0.05, 0) is 79.5 Å². The molecule has 0 aliphatic rings. The maximum Gasteiger partial charge on any atom is 0.238 e. The van der Waals surface area contributed by atoms with Crippen LogP contribution in [-0.2, 0) is 51.8 Å². The Hall–Kier alpha value is 1.13. The Morgan fingerprint density at radius 1 is 0.429 bits per heavy atom. The smallest absolute Gasteiger partial charge is 0.238 e. The monoisotopic (exact) mass is 908 g/mol. The molecular weight excluding hydrogens is 821 g/mol. The summed E-state index contributed by atoms with van der Waals surface area (Å²) >= 11 is 0. The Balaban J connectivity index is 5.16. The predicted molar refractivity (Wildman–Crippen MR) is 246 cm³/mol. The summed E-state index contributed by atoms with van der Waals surface area (Å²) in [5, 5.41) is 0.475. The number of rotatable bonds is 29. The standard InChI is InChI=1S/C39H88O11S2Si4/c1-32(27-42-34(30-43-49-55(19,20)38(9,10)11)31-44-50-56(21,22)39(12,13)14)51-52-33(2)47-48-35(28-40-23-25-45-53(15,16)36(3,4)5)29-41-24-26-46-54(17,18)37(6,7)8/h32-35H,23-31H2,1-22H3. The van der Waals surface area contributed by atoms with Gasteiger partial charge in [-0.3, -0.25) is 9.15 Å². The first-order valence-corrected chi connectivity index (χ1v) is 34.4. The largest absolute Gasteiger partial charge is 0.414 e. The molecule has 2 unspecified atom stereocenters. The molecule has 0 amide bonds. The third kappa shape index (κ3) is 22.8. The van der Waals surface area contributed by atoms with E-state index in [1.54, 1.807) is 21.6 Å². The van der Waals surface area contributed by atoms with Gasteiger partial charge >= 0.3 is 0 Å². The van der Waals surface area contributed by atoms with Crippen LogP contribution in [0.5, 0.6) is 0 Å². The fourth-order valence-corrected chi connectivity index (χ4v) is 8.37. The zero-order chi connectivity index (χ0) is 43.9. The Morgan fingerprint density at radius 2 is 0.804 bits per heavy atom. The normalized spacial score (nSPS) is 15.6. The Kier molecular flexibility index (Phi) is 25.2. The lowest BCUT2D eigenvalue weighted by molar-refractivity contribution is -0.341. The molecule has 0 N–H and O–H groups in total. The minimum Gasteiger partial charge on any atom is -0.414 e. The van der Waals surface area contributed by atoms with Crippen LogP contribution in [0.1, 0.15) is 96.9 Å². The molecule has 0 aromatic carbocycles. The zero-order valence-corrected chi connectivity index (χ0v) is 45.6. The molecule has 0 aliphatic heterocycles. The van der Waals surface area contributed by atoms with Gasteiger partial charge in [0.1, 0.15) is 30.9 Å². The van der Waals surface area contributed by atoms with E-state index in [1.165, 1.54) is 0 Å². The molecule has 0 rings (SSSR count). The van der Waals surface area contributed by atoms with Gasteiger partial charge in [0.25, 0.3) is 0 Å². The minimum atomic E-state index is -2.09. The number of hydrogen-bond donors (Lipinski definition) is 0. The van der Waals surface area contributed by atoms with Crippen molar-refractivity contribution in [1.82, 2.24) is 0 Å². The van der Waals surface area contributed by atoms with Crippen molar-refractivity contribution in [3.63, 3.8) is 0 Å². The van der Waals surface area contributed by atoms with E-state index in [0.717, 1.165) is 0 Å². The molecule has 0 saturated carbocycles. The molecule has 0 fully saturated rings. The van der Waals surface area contributed by atoms with Crippen LogP contribution in [0.15, 0.2) is 0 Å². The summed E-state index contributed by atoms with van der Waals surface area (Å²) in [6, 6.07) is 0. The number of ether oxygens (including phenoxy) is 3. The SMILES string of the molecule is CC(COC(COO[Si](C)(C)C(C)(C)C)COO[Si](C)(C)C(C)(C)C)SSC(C)OOC(COCCO[Si](C)(C)C(C)(C)C)COCCO[Si](C)(C)C(C)(C)C. The van der Waals surface area contributed by atoms with Gasteiger partial charge in [0.05, 0.1) is 46.2 Å². The molecule has 0 radical (unpaired) electrons. The molecule has 0 saturated heterocycles. The van der Waals surface area contributed by atoms with Gasteiger partial charge in [-0.25, -0.2) is 19.6 Å². The molecule has 2 atom stereocenters. The third-order valence-electron chi connectivity index (χ3n) is 11.5. The van der Waals surface area contributed by atoms with Gasteiger partial charge in [0.15, 0.2) is 16.6 Å². The van der Waals surface area contributed by atoms with Crippen LogP contribution in [-0.4, -0.2) is 116 Å². The van der Waals surface area contributed by atoms with Crippen LogP contribution in [0.3, 0.4) is 0 Å². The van der Waals surface area contributed by atoms with Gasteiger partial charge in [-0.1, -0.05) is 112 Å². The van der Waals surface area contributed by atoms with E-state index >= 15 is 0 Å². The summed E-state index contributed by atoms with van der Waals surface area (Å²) in [6.45, 7) is 51.8. The van der Waals surface area contributed by atoms with E-state index in [2.05, 4.69) is 142 Å². The summed E-state index contributed by atoms with van der Waals surface area (Å²) < 4.78 is 42.8. The highest BCUT2D eigenvalue weighted by Crippen LogP contribution is 2.39.